The SMILES string of the molecule is COc1ccc(NC(=O)Nc2ccc(N3CCOCC3)cc2)c(OC)c1. The van der Waals surface area contributed by atoms with E-state index < -0.39 is 0 Å². The highest BCUT2D eigenvalue weighted by Crippen LogP contribution is 2.29. The lowest BCUT2D eigenvalue weighted by Gasteiger charge is -2.28. The lowest BCUT2D eigenvalue weighted by atomic mass is 10.2. The van der Waals surface area contributed by atoms with Crippen molar-refractivity contribution in [3.8, 4) is 11.5 Å². The molecule has 2 aromatic carbocycles. The Kier molecular flexibility index (Phi) is 5.80. The fourth-order valence-electron chi connectivity index (χ4n) is 2.76. The molecule has 1 fully saturated rings. The number of nitrogens with one attached hydrogen (secondary N) is 2. The average molecular weight is 357 g/mol. The first-order chi connectivity index (χ1) is 12.7. The zero-order chi connectivity index (χ0) is 18.4. The Morgan fingerprint density at radius 2 is 1.73 bits per heavy atom. The van der Waals surface area contributed by atoms with Crippen molar-refractivity contribution in [1.82, 2.24) is 0 Å². The van der Waals surface area contributed by atoms with E-state index in [1.807, 2.05) is 24.3 Å². The Bertz CT molecular complexity index is 743. The van der Waals surface area contributed by atoms with Gasteiger partial charge in [0.15, 0.2) is 0 Å². The molecule has 1 heterocycles. The van der Waals surface area contributed by atoms with Crippen LogP contribution in [-0.4, -0.2) is 46.6 Å². The number of urea groups is 1. The van der Waals surface area contributed by atoms with Crippen molar-refractivity contribution >= 4 is 23.1 Å². The highest BCUT2D eigenvalue weighted by atomic mass is 16.5. The van der Waals surface area contributed by atoms with E-state index in [1.54, 1.807) is 32.4 Å². The molecular formula is C19H23N3O4. The minimum absolute atomic E-state index is 0.340. The summed E-state index contributed by atoms with van der Waals surface area (Å²) in [5.74, 6) is 1.19. The fourth-order valence-corrected chi connectivity index (χ4v) is 2.76. The van der Waals surface area contributed by atoms with Gasteiger partial charge >= 0.3 is 6.03 Å². The number of morpholine rings is 1. The minimum Gasteiger partial charge on any atom is -0.497 e. The zero-order valence-corrected chi connectivity index (χ0v) is 15.0. The number of anilines is 3. The van der Waals surface area contributed by atoms with Crippen LogP contribution in [0.1, 0.15) is 0 Å². The normalized spacial score (nSPS) is 13.8. The molecule has 0 aromatic heterocycles. The van der Waals surface area contributed by atoms with Crippen LogP contribution in [0.4, 0.5) is 21.9 Å². The molecule has 0 unspecified atom stereocenters. The highest BCUT2D eigenvalue weighted by Gasteiger charge is 2.12. The molecule has 0 saturated carbocycles. The standard InChI is InChI=1S/C19H23N3O4/c1-24-16-7-8-17(18(13-16)25-2)21-19(23)20-14-3-5-15(6-4-14)22-9-11-26-12-10-22/h3-8,13H,9-12H2,1-2H3,(H2,20,21,23). The van der Waals surface area contributed by atoms with E-state index in [4.69, 9.17) is 14.2 Å². The predicted molar refractivity (Wildman–Crippen MR) is 102 cm³/mol. The fraction of sp³-hybridized carbons (Fsp3) is 0.316. The first-order valence-corrected chi connectivity index (χ1v) is 8.42. The third-order valence-corrected chi connectivity index (χ3v) is 4.16. The second-order valence-electron chi connectivity index (χ2n) is 5.79. The van der Waals surface area contributed by atoms with Gasteiger partial charge < -0.3 is 29.7 Å². The number of carbonyl (C=O) groups excluding carboxylic acids is 1. The average Bonchev–Trinajstić information content (AvgIpc) is 2.69. The van der Waals surface area contributed by atoms with Gasteiger partial charge in [-0.3, -0.25) is 0 Å². The molecule has 1 saturated heterocycles. The molecule has 3 rings (SSSR count). The number of hydrogen-bond acceptors (Lipinski definition) is 5. The van der Waals surface area contributed by atoms with Crippen LogP contribution in [0.2, 0.25) is 0 Å². The number of nitrogens with zero attached hydrogens (tertiary/aromatic N) is 1. The Morgan fingerprint density at radius 3 is 2.38 bits per heavy atom. The first-order valence-electron chi connectivity index (χ1n) is 8.42. The molecule has 0 aliphatic carbocycles. The number of hydrogen-bond donors (Lipinski definition) is 2. The van der Waals surface area contributed by atoms with Gasteiger partial charge in [-0.25, -0.2) is 4.79 Å². The van der Waals surface area contributed by atoms with Crippen LogP contribution in [-0.2, 0) is 4.74 Å². The Labute approximate surface area is 152 Å². The van der Waals surface area contributed by atoms with Crippen LogP contribution in [0.25, 0.3) is 0 Å². The van der Waals surface area contributed by atoms with E-state index in [2.05, 4.69) is 15.5 Å². The number of methoxy groups -OCH3 is 2. The van der Waals surface area contributed by atoms with Crippen LogP contribution in [0, 0.1) is 0 Å². The van der Waals surface area contributed by atoms with E-state index in [-0.39, 0.29) is 6.03 Å². The second kappa shape index (κ2) is 8.44. The summed E-state index contributed by atoms with van der Waals surface area (Å²) in [4.78, 5) is 14.5. The van der Waals surface area contributed by atoms with Gasteiger partial charge in [0.2, 0.25) is 0 Å². The summed E-state index contributed by atoms with van der Waals surface area (Å²) in [5.41, 5.74) is 2.40. The van der Waals surface area contributed by atoms with Crippen molar-refractivity contribution in [2.45, 2.75) is 0 Å². The van der Waals surface area contributed by atoms with Crippen LogP contribution in [0.15, 0.2) is 42.5 Å². The summed E-state index contributed by atoms with van der Waals surface area (Å²) in [7, 11) is 3.12. The first kappa shape index (κ1) is 17.9. The van der Waals surface area contributed by atoms with E-state index in [0.717, 1.165) is 32.0 Å². The highest BCUT2D eigenvalue weighted by molar-refractivity contribution is 6.00. The van der Waals surface area contributed by atoms with E-state index >= 15 is 0 Å². The third-order valence-electron chi connectivity index (χ3n) is 4.16. The maximum Gasteiger partial charge on any atom is 0.323 e. The molecule has 2 amide bonds. The Balaban J connectivity index is 1.61. The van der Waals surface area contributed by atoms with Crippen molar-refractivity contribution in [3.05, 3.63) is 42.5 Å². The number of ether oxygens (including phenoxy) is 3. The molecule has 2 N–H and O–H groups in total. The molecule has 26 heavy (non-hydrogen) atoms. The van der Waals surface area contributed by atoms with Crippen molar-refractivity contribution in [1.29, 1.82) is 0 Å². The van der Waals surface area contributed by atoms with Gasteiger partial charge in [-0.1, -0.05) is 0 Å². The largest absolute Gasteiger partial charge is 0.497 e. The van der Waals surface area contributed by atoms with Gasteiger partial charge in [0.1, 0.15) is 11.5 Å². The van der Waals surface area contributed by atoms with Crippen molar-refractivity contribution in [2.75, 3.05) is 56.1 Å². The molecule has 0 atom stereocenters. The molecule has 138 valence electrons. The quantitative estimate of drug-likeness (QED) is 0.860. The summed E-state index contributed by atoms with van der Waals surface area (Å²) in [6.07, 6.45) is 0. The minimum atomic E-state index is -0.340. The van der Waals surface area contributed by atoms with Crippen molar-refractivity contribution < 1.29 is 19.0 Å². The van der Waals surface area contributed by atoms with Crippen LogP contribution in [0.5, 0.6) is 11.5 Å². The number of rotatable bonds is 5. The van der Waals surface area contributed by atoms with Gasteiger partial charge in [0.05, 0.1) is 33.1 Å². The molecule has 0 bridgehead atoms. The Hall–Kier alpha value is -2.93. The molecule has 7 heteroatoms. The van der Waals surface area contributed by atoms with Crippen molar-refractivity contribution in [3.63, 3.8) is 0 Å². The molecular weight excluding hydrogens is 334 g/mol. The molecule has 0 spiro atoms. The maximum absolute atomic E-state index is 12.3. The maximum atomic E-state index is 12.3. The van der Waals surface area contributed by atoms with E-state index in [0.29, 0.717) is 22.9 Å². The number of benzene rings is 2. The summed E-state index contributed by atoms with van der Waals surface area (Å²) >= 11 is 0. The summed E-state index contributed by atoms with van der Waals surface area (Å²) in [6.45, 7) is 3.24. The number of amides is 2. The van der Waals surface area contributed by atoms with Gasteiger partial charge in [-0.2, -0.15) is 0 Å². The summed E-state index contributed by atoms with van der Waals surface area (Å²) in [5, 5.41) is 5.60. The topological polar surface area (TPSA) is 72.1 Å². The predicted octanol–water partition coefficient (Wildman–Crippen LogP) is 3.18. The smallest absolute Gasteiger partial charge is 0.323 e. The monoisotopic (exact) mass is 357 g/mol. The van der Waals surface area contributed by atoms with E-state index in [9.17, 15) is 4.79 Å². The lowest BCUT2D eigenvalue weighted by Crippen LogP contribution is -2.36. The van der Waals surface area contributed by atoms with Crippen LogP contribution >= 0.6 is 0 Å². The third kappa shape index (κ3) is 4.37. The molecule has 2 aromatic rings. The zero-order valence-electron chi connectivity index (χ0n) is 15.0. The van der Waals surface area contributed by atoms with Gasteiger partial charge in [-0.15, -0.1) is 0 Å². The molecule has 1 aliphatic rings. The molecule has 1 aliphatic heterocycles. The molecule has 7 nitrogen and oxygen atoms in total. The Morgan fingerprint density at radius 1 is 1.00 bits per heavy atom. The van der Waals surface area contributed by atoms with Gasteiger partial charge in [0.25, 0.3) is 0 Å². The van der Waals surface area contributed by atoms with Gasteiger partial charge in [-0.05, 0) is 36.4 Å². The van der Waals surface area contributed by atoms with Crippen molar-refractivity contribution in [2.24, 2.45) is 0 Å². The van der Waals surface area contributed by atoms with Gasteiger partial charge in [0, 0.05) is 30.5 Å². The van der Waals surface area contributed by atoms with Crippen LogP contribution < -0.4 is 25.0 Å². The lowest BCUT2D eigenvalue weighted by molar-refractivity contribution is 0.122. The van der Waals surface area contributed by atoms with E-state index in [1.165, 1.54) is 0 Å². The molecule has 0 radical (unpaired) electrons. The number of carbonyl (C=O) groups is 1. The summed E-state index contributed by atoms with van der Waals surface area (Å²) < 4.78 is 15.8. The van der Waals surface area contributed by atoms with Crippen LogP contribution in [0.3, 0.4) is 0 Å². The summed E-state index contributed by atoms with van der Waals surface area (Å²) in [6, 6.07) is 12.6. The second-order valence-corrected chi connectivity index (χ2v) is 5.79.